The van der Waals surface area contributed by atoms with Gasteiger partial charge in [0.05, 0.1) is 34.0 Å². The Balaban J connectivity index is 2.84. The lowest BCUT2D eigenvalue weighted by atomic mass is 10.2. The van der Waals surface area contributed by atoms with E-state index in [0.717, 1.165) is 0 Å². The molecule has 1 atom stereocenters. The van der Waals surface area contributed by atoms with Crippen LogP contribution < -0.4 is 24.7 Å². The number of benzene rings is 1. The Bertz CT molecular complexity index is 372. The molecule has 0 aromatic heterocycles. The summed E-state index contributed by atoms with van der Waals surface area (Å²) in [7, 11) is 6.25. The van der Waals surface area contributed by atoms with E-state index in [9.17, 15) is 0 Å². The maximum Gasteiger partial charge on any atom is 0.203 e. The van der Waals surface area contributed by atoms with Crippen LogP contribution in [0.15, 0.2) is 12.1 Å². The molecule has 1 aromatic carbocycles. The second kappa shape index (κ2) is 7.70. The van der Waals surface area contributed by atoms with Crippen LogP contribution in [-0.2, 0) is 4.74 Å². The molecular formula is C13H21NO5. The average molecular weight is 271 g/mol. The van der Waals surface area contributed by atoms with Crippen molar-refractivity contribution in [2.45, 2.75) is 6.04 Å². The molecule has 0 aliphatic rings. The van der Waals surface area contributed by atoms with Crippen LogP contribution in [0.3, 0.4) is 0 Å². The Morgan fingerprint density at radius 1 is 0.947 bits per heavy atom. The summed E-state index contributed by atoms with van der Waals surface area (Å²) in [5.41, 5.74) is 5.79. The van der Waals surface area contributed by atoms with E-state index in [1.54, 1.807) is 40.6 Å². The van der Waals surface area contributed by atoms with Gasteiger partial charge < -0.3 is 29.4 Å². The molecule has 0 bridgehead atoms. The van der Waals surface area contributed by atoms with Crippen LogP contribution in [0, 0.1) is 0 Å². The number of nitrogens with two attached hydrogens (primary N) is 1. The molecule has 0 radical (unpaired) electrons. The molecule has 0 saturated carbocycles. The fourth-order valence-electron chi connectivity index (χ4n) is 1.61. The number of rotatable bonds is 8. The Labute approximate surface area is 113 Å². The van der Waals surface area contributed by atoms with Gasteiger partial charge in [0.25, 0.3) is 0 Å². The number of methoxy groups -OCH3 is 4. The smallest absolute Gasteiger partial charge is 0.203 e. The maximum absolute atomic E-state index is 5.79. The van der Waals surface area contributed by atoms with Gasteiger partial charge in [-0.1, -0.05) is 0 Å². The van der Waals surface area contributed by atoms with Crippen molar-refractivity contribution in [3.63, 3.8) is 0 Å². The van der Waals surface area contributed by atoms with Crippen LogP contribution in [0.2, 0.25) is 0 Å². The third kappa shape index (κ3) is 4.18. The van der Waals surface area contributed by atoms with Crippen LogP contribution in [0.1, 0.15) is 0 Å². The quantitative estimate of drug-likeness (QED) is 0.762. The van der Waals surface area contributed by atoms with Crippen molar-refractivity contribution in [2.75, 3.05) is 41.7 Å². The van der Waals surface area contributed by atoms with Crippen LogP contribution in [0.5, 0.6) is 23.0 Å². The van der Waals surface area contributed by atoms with E-state index >= 15 is 0 Å². The predicted octanol–water partition coefficient (Wildman–Crippen LogP) is 1.06. The van der Waals surface area contributed by atoms with Gasteiger partial charge >= 0.3 is 0 Å². The Hall–Kier alpha value is -1.66. The van der Waals surface area contributed by atoms with E-state index in [1.807, 2.05) is 0 Å². The van der Waals surface area contributed by atoms with E-state index in [-0.39, 0.29) is 6.04 Å². The van der Waals surface area contributed by atoms with Gasteiger partial charge in [0.1, 0.15) is 12.4 Å². The minimum Gasteiger partial charge on any atom is -0.493 e. The van der Waals surface area contributed by atoms with E-state index in [0.29, 0.717) is 36.2 Å². The molecule has 0 saturated heterocycles. The van der Waals surface area contributed by atoms with Crippen LogP contribution >= 0.6 is 0 Å². The molecule has 1 aromatic rings. The summed E-state index contributed by atoms with van der Waals surface area (Å²) in [4.78, 5) is 0. The average Bonchev–Trinajstić information content (AvgIpc) is 2.44. The maximum atomic E-state index is 5.79. The highest BCUT2D eigenvalue weighted by Crippen LogP contribution is 2.40. The normalized spacial score (nSPS) is 11.8. The second-order valence-electron chi connectivity index (χ2n) is 3.89. The highest BCUT2D eigenvalue weighted by Gasteiger charge is 2.14. The third-order valence-electron chi connectivity index (χ3n) is 2.48. The lowest BCUT2D eigenvalue weighted by Crippen LogP contribution is -2.32. The molecule has 2 N–H and O–H groups in total. The molecular weight excluding hydrogens is 250 g/mol. The summed E-state index contributed by atoms with van der Waals surface area (Å²) in [6.07, 6.45) is 0. The molecule has 0 aliphatic heterocycles. The summed E-state index contributed by atoms with van der Waals surface area (Å²) in [6.45, 7) is 0.775. The molecule has 0 aliphatic carbocycles. The molecule has 1 unspecified atom stereocenters. The van der Waals surface area contributed by atoms with Crippen molar-refractivity contribution in [1.29, 1.82) is 0 Å². The third-order valence-corrected chi connectivity index (χ3v) is 2.48. The van der Waals surface area contributed by atoms with Crippen molar-refractivity contribution < 1.29 is 23.7 Å². The monoisotopic (exact) mass is 271 g/mol. The van der Waals surface area contributed by atoms with Gasteiger partial charge in [-0.3, -0.25) is 0 Å². The molecule has 0 fully saturated rings. The van der Waals surface area contributed by atoms with Gasteiger partial charge in [-0.2, -0.15) is 0 Å². The number of hydrogen-bond donors (Lipinski definition) is 1. The highest BCUT2D eigenvalue weighted by atomic mass is 16.5. The lowest BCUT2D eigenvalue weighted by Gasteiger charge is -2.16. The molecule has 108 valence electrons. The summed E-state index contributed by atoms with van der Waals surface area (Å²) in [6, 6.07) is 3.26. The van der Waals surface area contributed by atoms with Crippen molar-refractivity contribution in [3.8, 4) is 23.0 Å². The Kier molecular flexibility index (Phi) is 6.24. The SMILES string of the molecule is COCC(N)COc1cc(OC)c(OC)c(OC)c1. The molecule has 0 amide bonds. The molecule has 0 spiro atoms. The van der Waals surface area contributed by atoms with E-state index in [1.165, 1.54) is 0 Å². The number of ether oxygens (including phenoxy) is 5. The van der Waals surface area contributed by atoms with Crippen LogP contribution in [-0.4, -0.2) is 47.7 Å². The zero-order valence-corrected chi connectivity index (χ0v) is 11.8. The molecule has 0 heterocycles. The van der Waals surface area contributed by atoms with Crippen molar-refractivity contribution in [2.24, 2.45) is 5.73 Å². The fourth-order valence-corrected chi connectivity index (χ4v) is 1.61. The van der Waals surface area contributed by atoms with Gasteiger partial charge in [0.2, 0.25) is 5.75 Å². The minimum atomic E-state index is -0.191. The Morgan fingerprint density at radius 3 is 1.95 bits per heavy atom. The largest absolute Gasteiger partial charge is 0.493 e. The lowest BCUT2D eigenvalue weighted by molar-refractivity contribution is 0.152. The topological polar surface area (TPSA) is 72.2 Å². The summed E-state index contributed by atoms with van der Waals surface area (Å²) in [5, 5.41) is 0. The molecule has 1 rings (SSSR count). The van der Waals surface area contributed by atoms with Gasteiger partial charge in [-0.25, -0.2) is 0 Å². The van der Waals surface area contributed by atoms with Crippen LogP contribution in [0.25, 0.3) is 0 Å². The number of hydrogen-bond acceptors (Lipinski definition) is 6. The van der Waals surface area contributed by atoms with Gasteiger partial charge in [-0.05, 0) is 0 Å². The van der Waals surface area contributed by atoms with Crippen LogP contribution in [0.4, 0.5) is 0 Å². The van der Waals surface area contributed by atoms with E-state index < -0.39 is 0 Å². The van der Waals surface area contributed by atoms with Gasteiger partial charge in [0.15, 0.2) is 11.5 Å². The van der Waals surface area contributed by atoms with Gasteiger partial charge in [-0.15, -0.1) is 0 Å². The predicted molar refractivity (Wildman–Crippen MR) is 71.4 cm³/mol. The zero-order chi connectivity index (χ0) is 14.3. The van der Waals surface area contributed by atoms with Crippen molar-refractivity contribution in [1.82, 2.24) is 0 Å². The summed E-state index contributed by atoms with van der Waals surface area (Å²) in [5.74, 6) is 2.20. The van der Waals surface area contributed by atoms with Gasteiger partial charge in [0, 0.05) is 19.2 Å². The minimum absolute atomic E-state index is 0.191. The van der Waals surface area contributed by atoms with E-state index in [2.05, 4.69) is 0 Å². The highest BCUT2D eigenvalue weighted by molar-refractivity contribution is 5.55. The summed E-state index contributed by atoms with van der Waals surface area (Å²) >= 11 is 0. The first-order valence-electron chi connectivity index (χ1n) is 5.83. The molecule has 6 nitrogen and oxygen atoms in total. The van der Waals surface area contributed by atoms with Crippen molar-refractivity contribution in [3.05, 3.63) is 12.1 Å². The first kappa shape index (κ1) is 15.4. The first-order valence-corrected chi connectivity index (χ1v) is 5.83. The standard InChI is InChI=1S/C13H21NO5/c1-15-7-9(14)8-19-10-5-11(16-2)13(18-4)12(6-10)17-3/h5-6,9H,7-8,14H2,1-4H3. The fraction of sp³-hybridized carbons (Fsp3) is 0.538. The van der Waals surface area contributed by atoms with Crippen molar-refractivity contribution >= 4 is 0 Å². The molecule has 6 heteroatoms. The summed E-state index contributed by atoms with van der Waals surface area (Å²) < 4.78 is 26.2. The Morgan fingerprint density at radius 2 is 1.53 bits per heavy atom. The first-order chi connectivity index (χ1) is 9.15. The zero-order valence-electron chi connectivity index (χ0n) is 11.8. The van der Waals surface area contributed by atoms with E-state index in [4.69, 9.17) is 29.4 Å². The molecule has 19 heavy (non-hydrogen) atoms. The second-order valence-corrected chi connectivity index (χ2v) is 3.89.